The van der Waals surface area contributed by atoms with E-state index in [1.165, 1.54) is 18.6 Å². The van der Waals surface area contributed by atoms with Gasteiger partial charge in [-0.3, -0.25) is 9.78 Å². The monoisotopic (exact) mass is 315 g/mol. The van der Waals surface area contributed by atoms with Gasteiger partial charge in [-0.25, -0.2) is 9.97 Å². The predicted octanol–water partition coefficient (Wildman–Crippen LogP) is 3.27. The first kappa shape index (κ1) is 14.1. The Balaban J connectivity index is 1.63. The maximum Gasteiger partial charge on any atom is 0.275 e. The van der Waals surface area contributed by atoms with Crippen LogP contribution in [-0.2, 0) is 0 Å². The number of rotatable bonds is 3. The van der Waals surface area contributed by atoms with E-state index >= 15 is 0 Å². The molecule has 0 aliphatic heterocycles. The number of imidazole rings is 1. The summed E-state index contributed by atoms with van der Waals surface area (Å²) in [5.41, 5.74) is 3.64. The predicted molar refractivity (Wildman–Crippen MR) is 91.5 cm³/mol. The SMILES string of the molecule is O=C(Nc1ccc2nc(-c3ccccc3)[nH]c2c1)c1cnccn1. The van der Waals surface area contributed by atoms with Crippen LogP contribution in [0.15, 0.2) is 67.1 Å². The van der Waals surface area contributed by atoms with Gasteiger partial charge in [0, 0.05) is 23.6 Å². The van der Waals surface area contributed by atoms with Crippen LogP contribution < -0.4 is 5.32 Å². The second-order valence-corrected chi connectivity index (χ2v) is 5.23. The van der Waals surface area contributed by atoms with Crippen molar-refractivity contribution in [2.45, 2.75) is 0 Å². The quantitative estimate of drug-likeness (QED) is 0.608. The van der Waals surface area contributed by atoms with Crippen molar-refractivity contribution in [2.75, 3.05) is 5.32 Å². The van der Waals surface area contributed by atoms with Crippen LogP contribution in [0.2, 0.25) is 0 Å². The van der Waals surface area contributed by atoms with Gasteiger partial charge in [0.2, 0.25) is 0 Å². The lowest BCUT2D eigenvalue weighted by atomic mass is 10.2. The normalized spacial score (nSPS) is 10.7. The second kappa shape index (κ2) is 5.92. The van der Waals surface area contributed by atoms with Crippen molar-refractivity contribution in [1.82, 2.24) is 19.9 Å². The Bertz CT molecular complexity index is 996. The standard InChI is InChI=1S/C18H13N5O/c24-18(16-11-19-8-9-20-16)21-13-6-7-14-15(10-13)23-17(22-14)12-4-2-1-3-5-12/h1-11H,(H,21,24)(H,22,23). The number of hydrogen-bond acceptors (Lipinski definition) is 4. The van der Waals surface area contributed by atoms with Crippen LogP contribution in [0, 0.1) is 0 Å². The number of anilines is 1. The van der Waals surface area contributed by atoms with E-state index in [9.17, 15) is 4.79 Å². The van der Waals surface area contributed by atoms with Gasteiger partial charge in [0.15, 0.2) is 0 Å². The number of H-pyrrole nitrogens is 1. The lowest BCUT2D eigenvalue weighted by Crippen LogP contribution is -2.13. The Hall–Kier alpha value is -3.54. The molecule has 0 radical (unpaired) electrons. The highest BCUT2D eigenvalue weighted by molar-refractivity contribution is 6.03. The van der Waals surface area contributed by atoms with Gasteiger partial charge in [0.25, 0.3) is 5.91 Å². The molecule has 2 aromatic carbocycles. The molecule has 0 bridgehead atoms. The number of nitrogens with zero attached hydrogens (tertiary/aromatic N) is 3. The summed E-state index contributed by atoms with van der Waals surface area (Å²) in [4.78, 5) is 27.9. The number of carbonyl (C=O) groups excluding carboxylic acids is 1. The van der Waals surface area contributed by atoms with Crippen LogP contribution in [0.3, 0.4) is 0 Å². The van der Waals surface area contributed by atoms with Crippen LogP contribution in [0.1, 0.15) is 10.5 Å². The van der Waals surface area contributed by atoms with E-state index in [0.29, 0.717) is 5.69 Å². The molecular formula is C18H13N5O. The molecule has 0 unspecified atom stereocenters. The Morgan fingerprint density at radius 2 is 1.92 bits per heavy atom. The minimum Gasteiger partial charge on any atom is -0.338 e. The summed E-state index contributed by atoms with van der Waals surface area (Å²) in [5.74, 6) is 0.494. The first-order valence-electron chi connectivity index (χ1n) is 7.42. The van der Waals surface area contributed by atoms with Gasteiger partial charge < -0.3 is 10.3 Å². The molecule has 6 heteroatoms. The van der Waals surface area contributed by atoms with Gasteiger partial charge in [-0.15, -0.1) is 0 Å². The summed E-state index contributed by atoms with van der Waals surface area (Å²) in [7, 11) is 0. The van der Waals surface area contributed by atoms with Gasteiger partial charge in [-0.2, -0.15) is 0 Å². The van der Waals surface area contributed by atoms with Gasteiger partial charge in [0.05, 0.1) is 17.2 Å². The minimum atomic E-state index is -0.301. The van der Waals surface area contributed by atoms with E-state index in [-0.39, 0.29) is 11.6 Å². The summed E-state index contributed by atoms with van der Waals surface area (Å²) in [6.45, 7) is 0. The van der Waals surface area contributed by atoms with Gasteiger partial charge in [-0.1, -0.05) is 30.3 Å². The molecule has 0 spiro atoms. The first-order chi connectivity index (χ1) is 11.8. The van der Waals surface area contributed by atoms with Gasteiger partial charge in [-0.05, 0) is 18.2 Å². The topological polar surface area (TPSA) is 83.6 Å². The molecule has 0 aliphatic carbocycles. The molecule has 0 saturated carbocycles. The Kier molecular flexibility index (Phi) is 3.47. The van der Waals surface area contributed by atoms with E-state index in [1.807, 2.05) is 48.5 Å². The van der Waals surface area contributed by atoms with Crippen LogP contribution in [0.4, 0.5) is 5.69 Å². The number of amides is 1. The van der Waals surface area contributed by atoms with Crippen LogP contribution >= 0.6 is 0 Å². The third-order valence-corrected chi connectivity index (χ3v) is 3.58. The number of nitrogens with one attached hydrogen (secondary N) is 2. The number of hydrogen-bond donors (Lipinski definition) is 2. The number of aromatic amines is 1. The van der Waals surface area contributed by atoms with Gasteiger partial charge in [0.1, 0.15) is 11.5 Å². The zero-order valence-electron chi connectivity index (χ0n) is 12.6. The van der Waals surface area contributed by atoms with Crippen LogP contribution in [0.25, 0.3) is 22.4 Å². The van der Waals surface area contributed by atoms with E-state index in [1.54, 1.807) is 0 Å². The molecule has 1 amide bonds. The molecule has 4 aromatic rings. The molecular weight excluding hydrogens is 302 g/mol. The zero-order valence-corrected chi connectivity index (χ0v) is 12.6. The smallest absolute Gasteiger partial charge is 0.275 e. The fraction of sp³-hybridized carbons (Fsp3) is 0. The fourth-order valence-corrected chi connectivity index (χ4v) is 2.43. The van der Waals surface area contributed by atoms with Crippen LogP contribution in [-0.4, -0.2) is 25.8 Å². The Labute approximate surface area is 137 Å². The minimum absolute atomic E-state index is 0.271. The Morgan fingerprint density at radius 3 is 2.71 bits per heavy atom. The van der Waals surface area contributed by atoms with Gasteiger partial charge >= 0.3 is 0 Å². The molecule has 2 N–H and O–H groups in total. The first-order valence-corrected chi connectivity index (χ1v) is 7.42. The maximum atomic E-state index is 12.1. The molecule has 0 atom stereocenters. The highest BCUT2D eigenvalue weighted by atomic mass is 16.1. The van der Waals surface area contributed by atoms with Crippen molar-refractivity contribution in [3.05, 3.63) is 72.8 Å². The molecule has 0 aliphatic rings. The van der Waals surface area contributed by atoms with Crippen molar-refractivity contribution >= 4 is 22.6 Å². The molecule has 4 rings (SSSR count). The fourth-order valence-electron chi connectivity index (χ4n) is 2.43. The molecule has 116 valence electrons. The van der Waals surface area contributed by atoms with Crippen molar-refractivity contribution in [2.24, 2.45) is 0 Å². The second-order valence-electron chi connectivity index (χ2n) is 5.23. The summed E-state index contributed by atoms with van der Waals surface area (Å²) in [5, 5.41) is 2.81. The van der Waals surface area contributed by atoms with Crippen molar-refractivity contribution < 1.29 is 4.79 Å². The third-order valence-electron chi connectivity index (χ3n) is 3.58. The number of carbonyl (C=O) groups is 1. The average Bonchev–Trinajstić information content (AvgIpc) is 3.06. The molecule has 0 saturated heterocycles. The van der Waals surface area contributed by atoms with E-state index in [4.69, 9.17) is 0 Å². The van der Waals surface area contributed by atoms with Crippen molar-refractivity contribution in [3.8, 4) is 11.4 Å². The number of benzene rings is 2. The summed E-state index contributed by atoms with van der Waals surface area (Å²) in [6.07, 6.45) is 4.44. The van der Waals surface area contributed by atoms with Crippen molar-refractivity contribution in [1.29, 1.82) is 0 Å². The average molecular weight is 315 g/mol. The molecule has 24 heavy (non-hydrogen) atoms. The lowest BCUT2D eigenvalue weighted by Gasteiger charge is -2.03. The highest BCUT2D eigenvalue weighted by Crippen LogP contribution is 2.22. The molecule has 6 nitrogen and oxygen atoms in total. The molecule has 2 heterocycles. The summed E-state index contributed by atoms with van der Waals surface area (Å²) < 4.78 is 0. The lowest BCUT2D eigenvalue weighted by molar-refractivity contribution is 0.102. The maximum absolute atomic E-state index is 12.1. The van der Waals surface area contributed by atoms with E-state index < -0.39 is 0 Å². The Morgan fingerprint density at radius 1 is 1.04 bits per heavy atom. The van der Waals surface area contributed by atoms with E-state index in [2.05, 4.69) is 25.3 Å². The number of fused-ring (bicyclic) bond motifs is 1. The number of aromatic nitrogens is 4. The summed E-state index contributed by atoms with van der Waals surface area (Å²) >= 11 is 0. The largest absolute Gasteiger partial charge is 0.338 e. The van der Waals surface area contributed by atoms with Crippen molar-refractivity contribution in [3.63, 3.8) is 0 Å². The molecule has 2 aromatic heterocycles. The third kappa shape index (κ3) is 2.72. The summed E-state index contributed by atoms with van der Waals surface area (Å²) in [6, 6.07) is 15.4. The highest BCUT2D eigenvalue weighted by Gasteiger charge is 2.09. The van der Waals surface area contributed by atoms with Crippen LogP contribution in [0.5, 0.6) is 0 Å². The van der Waals surface area contributed by atoms with E-state index in [0.717, 1.165) is 22.4 Å². The zero-order chi connectivity index (χ0) is 16.4. The molecule has 0 fully saturated rings.